The zero-order chi connectivity index (χ0) is 24.5. The number of benzene rings is 3. The van der Waals surface area contributed by atoms with Crippen molar-refractivity contribution in [2.24, 2.45) is 0 Å². The van der Waals surface area contributed by atoms with E-state index in [0.29, 0.717) is 32.3 Å². The molecule has 0 fully saturated rings. The Hall–Kier alpha value is -4.25. The highest BCUT2D eigenvalue weighted by atomic mass is 16.5. The van der Waals surface area contributed by atoms with Gasteiger partial charge < -0.3 is 9.84 Å². The number of aryl methyl sites for hydroxylation is 1. The minimum absolute atomic E-state index is 0.200. The van der Waals surface area contributed by atoms with Crippen molar-refractivity contribution >= 4 is 11.8 Å². The van der Waals surface area contributed by atoms with Crippen molar-refractivity contribution in [2.45, 2.75) is 25.7 Å². The first-order valence-corrected chi connectivity index (χ1v) is 11.6. The van der Waals surface area contributed by atoms with Crippen LogP contribution in [-0.4, -0.2) is 28.4 Å². The van der Waals surface area contributed by atoms with Gasteiger partial charge in [-0.2, -0.15) is 0 Å². The molecule has 0 radical (unpaired) electrons. The second-order valence-corrected chi connectivity index (χ2v) is 8.36. The number of hydrogen-bond donors (Lipinski definition) is 1. The van der Waals surface area contributed by atoms with Gasteiger partial charge in [-0.25, -0.2) is 4.79 Å². The second kappa shape index (κ2) is 11.7. The Bertz CT molecular complexity index is 1280. The van der Waals surface area contributed by atoms with Crippen molar-refractivity contribution in [3.8, 4) is 16.9 Å². The molecule has 35 heavy (non-hydrogen) atoms. The van der Waals surface area contributed by atoms with E-state index in [1.165, 1.54) is 0 Å². The van der Waals surface area contributed by atoms with Crippen LogP contribution in [0.2, 0.25) is 0 Å². The monoisotopic (exact) mass is 465 g/mol. The standard InChI is InChI=1S/C30H27NO4/c32-27(13-10-23-5-4-17-31-21-23)19-22-11-14-28(15-12-22)35-18-16-24-6-1-2-9-29(24)25-7-3-8-26(20-25)30(33)34/h1-9,11-12,14-15,17,20-21H,10,13,16,18-19H2,(H,33,34). The van der Waals surface area contributed by atoms with E-state index >= 15 is 0 Å². The number of hydrogen-bond acceptors (Lipinski definition) is 4. The van der Waals surface area contributed by atoms with E-state index in [1.807, 2.05) is 66.7 Å². The average molecular weight is 466 g/mol. The van der Waals surface area contributed by atoms with Crippen LogP contribution in [0.1, 0.15) is 33.5 Å². The molecule has 3 aromatic carbocycles. The third-order valence-corrected chi connectivity index (χ3v) is 5.82. The van der Waals surface area contributed by atoms with Gasteiger partial charge in [0.25, 0.3) is 0 Å². The van der Waals surface area contributed by atoms with Crippen molar-refractivity contribution in [3.63, 3.8) is 0 Å². The number of ether oxygens (including phenoxy) is 1. The maximum Gasteiger partial charge on any atom is 0.335 e. The van der Waals surface area contributed by atoms with E-state index in [1.54, 1.807) is 30.6 Å². The third-order valence-electron chi connectivity index (χ3n) is 5.82. The van der Waals surface area contributed by atoms with Crippen molar-refractivity contribution in [1.29, 1.82) is 0 Å². The Balaban J connectivity index is 1.30. The first kappa shape index (κ1) is 23.9. The van der Waals surface area contributed by atoms with Gasteiger partial charge in [0.05, 0.1) is 12.2 Å². The maximum absolute atomic E-state index is 12.3. The number of pyridine rings is 1. The summed E-state index contributed by atoms with van der Waals surface area (Å²) in [6, 6.07) is 26.4. The van der Waals surface area contributed by atoms with E-state index in [2.05, 4.69) is 4.98 Å². The molecule has 4 aromatic rings. The zero-order valence-electron chi connectivity index (χ0n) is 19.4. The Morgan fingerprint density at radius 2 is 1.66 bits per heavy atom. The summed E-state index contributed by atoms with van der Waals surface area (Å²) in [5.41, 5.74) is 5.27. The highest BCUT2D eigenvalue weighted by Crippen LogP contribution is 2.25. The molecule has 0 spiro atoms. The van der Waals surface area contributed by atoms with Gasteiger partial charge in [-0.1, -0.05) is 54.6 Å². The van der Waals surface area contributed by atoms with Crippen LogP contribution >= 0.6 is 0 Å². The molecule has 4 rings (SSSR count). The van der Waals surface area contributed by atoms with Crippen LogP contribution in [-0.2, 0) is 24.1 Å². The topological polar surface area (TPSA) is 76.5 Å². The normalized spacial score (nSPS) is 10.6. The maximum atomic E-state index is 12.3. The number of carboxylic acid groups (broad SMARTS) is 1. The average Bonchev–Trinajstić information content (AvgIpc) is 2.89. The van der Waals surface area contributed by atoms with Gasteiger partial charge in [0, 0.05) is 31.7 Å². The fourth-order valence-electron chi connectivity index (χ4n) is 3.97. The molecule has 1 aromatic heterocycles. The number of Topliss-reactive ketones (excluding diaryl/α,β-unsaturated/α-hetero) is 1. The molecular formula is C30H27NO4. The van der Waals surface area contributed by atoms with Gasteiger partial charge in [-0.05, 0) is 64.6 Å². The van der Waals surface area contributed by atoms with E-state index in [-0.39, 0.29) is 11.3 Å². The predicted molar refractivity (Wildman–Crippen MR) is 136 cm³/mol. The molecule has 1 N–H and O–H groups in total. The summed E-state index contributed by atoms with van der Waals surface area (Å²) in [5.74, 6) is 0.0133. The van der Waals surface area contributed by atoms with E-state index in [9.17, 15) is 14.7 Å². The van der Waals surface area contributed by atoms with Crippen LogP contribution in [0.4, 0.5) is 0 Å². The van der Waals surface area contributed by atoms with Gasteiger partial charge in [0.15, 0.2) is 0 Å². The third kappa shape index (κ3) is 6.87. The molecule has 5 nitrogen and oxygen atoms in total. The fourth-order valence-corrected chi connectivity index (χ4v) is 3.97. The summed E-state index contributed by atoms with van der Waals surface area (Å²) < 4.78 is 5.94. The molecular weight excluding hydrogens is 438 g/mol. The Labute approximate surface area is 205 Å². The lowest BCUT2D eigenvalue weighted by atomic mass is 9.96. The van der Waals surface area contributed by atoms with Gasteiger partial charge in [-0.15, -0.1) is 0 Å². The molecule has 0 aliphatic heterocycles. The van der Waals surface area contributed by atoms with Crippen molar-refractivity contribution in [1.82, 2.24) is 4.98 Å². The highest BCUT2D eigenvalue weighted by molar-refractivity contribution is 5.89. The number of aromatic nitrogens is 1. The van der Waals surface area contributed by atoms with Crippen LogP contribution in [0, 0.1) is 0 Å². The van der Waals surface area contributed by atoms with Crippen LogP contribution in [0.25, 0.3) is 11.1 Å². The number of carbonyl (C=O) groups excluding carboxylic acids is 1. The zero-order valence-corrected chi connectivity index (χ0v) is 19.4. The smallest absolute Gasteiger partial charge is 0.335 e. The lowest BCUT2D eigenvalue weighted by Crippen LogP contribution is -2.05. The summed E-state index contributed by atoms with van der Waals surface area (Å²) >= 11 is 0. The molecule has 0 aliphatic rings. The first-order valence-electron chi connectivity index (χ1n) is 11.6. The van der Waals surface area contributed by atoms with Crippen LogP contribution in [0.5, 0.6) is 5.75 Å². The van der Waals surface area contributed by atoms with Gasteiger partial charge in [-0.3, -0.25) is 9.78 Å². The molecule has 176 valence electrons. The number of carboxylic acids is 1. The molecule has 0 aliphatic carbocycles. The Kier molecular flexibility index (Phi) is 8.02. The molecule has 0 unspecified atom stereocenters. The van der Waals surface area contributed by atoms with E-state index < -0.39 is 5.97 Å². The SMILES string of the molecule is O=C(CCc1cccnc1)Cc1ccc(OCCc2ccccc2-c2cccc(C(=O)O)c2)cc1. The van der Waals surface area contributed by atoms with Crippen LogP contribution < -0.4 is 4.74 Å². The molecule has 1 heterocycles. The molecule has 0 saturated carbocycles. The summed E-state index contributed by atoms with van der Waals surface area (Å²) in [4.78, 5) is 27.7. The minimum atomic E-state index is -0.939. The quantitative estimate of drug-likeness (QED) is 0.302. The summed E-state index contributed by atoms with van der Waals surface area (Å²) in [7, 11) is 0. The summed E-state index contributed by atoms with van der Waals surface area (Å²) in [5, 5.41) is 9.29. The predicted octanol–water partition coefficient (Wildman–Crippen LogP) is 5.81. The van der Waals surface area contributed by atoms with Crippen molar-refractivity contribution < 1.29 is 19.4 Å². The van der Waals surface area contributed by atoms with Gasteiger partial charge >= 0.3 is 5.97 Å². The number of ketones is 1. The first-order chi connectivity index (χ1) is 17.1. The minimum Gasteiger partial charge on any atom is -0.493 e. The summed E-state index contributed by atoms with van der Waals surface area (Å²) in [6.45, 7) is 0.485. The van der Waals surface area contributed by atoms with E-state index in [0.717, 1.165) is 33.6 Å². The van der Waals surface area contributed by atoms with Crippen molar-refractivity contribution in [3.05, 3.63) is 120 Å². The highest BCUT2D eigenvalue weighted by Gasteiger charge is 2.09. The molecule has 0 atom stereocenters. The number of rotatable bonds is 11. The lowest BCUT2D eigenvalue weighted by molar-refractivity contribution is -0.118. The molecule has 0 amide bonds. The molecule has 5 heteroatoms. The Morgan fingerprint density at radius 3 is 2.43 bits per heavy atom. The fraction of sp³-hybridized carbons (Fsp3) is 0.167. The van der Waals surface area contributed by atoms with Gasteiger partial charge in [0.1, 0.15) is 11.5 Å². The Morgan fingerprint density at radius 1 is 0.829 bits per heavy atom. The number of carbonyl (C=O) groups is 2. The van der Waals surface area contributed by atoms with E-state index in [4.69, 9.17) is 4.74 Å². The second-order valence-electron chi connectivity index (χ2n) is 8.36. The van der Waals surface area contributed by atoms with Crippen molar-refractivity contribution in [2.75, 3.05) is 6.61 Å². The number of nitrogens with zero attached hydrogens (tertiary/aromatic N) is 1. The van der Waals surface area contributed by atoms with Gasteiger partial charge in [0.2, 0.25) is 0 Å². The molecule has 0 saturated heterocycles. The number of aromatic carboxylic acids is 1. The van der Waals surface area contributed by atoms with Crippen LogP contribution in [0.3, 0.4) is 0 Å². The largest absolute Gasteiger partial charge is 0.493 e. The van der Waals surface area contributed by atoms with Crippen LogP contribution in [0.15, 0.2) is 97.3 Å². The molecule has 0 bridgehead atoms. The lowest BCUT2D eigenvalue weighted by Gasteiger charge is -2.12. The summed E-state index contributed by atoms with van der Waals surface area (Å²) in [6.07, 6.45) is 5.82.